The Kier molecular flexibility index (Phi) is 6.43. The van der Waals surface area contributed by atoms with E-state index in [2.05, 4.69) is 9.68 Å². The molecule has 2 rings (SSSR count). The van der Waals surface area contributed by atoms with Gasteiger partial charge in [0.25, 0.3) is 10.3 Å². The number of carbonyl (C=O) groups excluding carboxylic acids is 1. The molecule has 0 aromatic heterocycles. The van der Waals surface area contributed by atoms with Crippen LogP contribution in [0.15, 0.2) is 16.5 Å². The number of nitrogens with one attached hydrogen (secondary N) is 1. The predicted octanol–water partition coefficient (Wildman–Crippen LogP) is 4.66. The van der Waals surface area contributed by atoms with E-state index in [1.54, 1.807) is 27.7 Å². The smallest absolute Gasteiger partial charge is 0.407 e. The molecule has 146 valence electrons. The molecule has 10 heteroatoms. The number of nitrogens with zero attached hydrogens (tertiary/aromatic N) is 2. The molecule has 0 radical (unpaired) electrons. The number of ether oxygens (including phenoxy) is 1. The third kappa shape index (κ3) is 5.70. The summed E-state index contributed by atoms with van der Waals surface area (Å²) in [6.45, 7) is 7.74. The normalized spacial score (nSPS) is 18.0. The molecule has 1 heterocycles. The zero-order valence-electron chi connectivity index (χ0n) is 15.0. The minimum atomic E-state index is -4.08. The second-order valence-electron chi connectivity index (χ2n) is 7.15. The number of halogens is 3. The van der Waals surface area contributed by atoms with E-state index in [1.807, 2.05) is 0 Å². The topological polar surface area (TPSA) is 71.0 Å². The molecule has 1 aromatic rings. The van der Waals surface area contributed by atoms with Gasteiger partial charge in [0, 0.05) is 35.6 Å². The van der Waals surface area contributed by atoms with E-state index in [9.17, 15) is 12.9 Å². The lowest BCUT2D eigenvalue weighted by atomic mass is 10.0. The molecule has 26 heavy (non-hydrogen) atoms. The quantitative estimate of drug-likeness (QED) is 0.712. The van der Waals surface area contributed by atoms with E-state index < -0.39 is 22.0 Å². The summed E-state index contributed by atoms with van der Waals surface area (Å²) in [5.74, 6) is -0.0283. The average molecular weight is 426 g/mol. The molecule has 6 nitrogen and oxygen atoms in total. The van der Waals surface area contributed by atoms with E-state index in [1.165, 1.54) is 12.1 Å². The summed E-state index contributed by atoms with van der Waals surface area (Å²) >= 11 is 12.0. The molecular weight excluding hydrogens is 404 g/mol. The molecule has 1 aliphatic heterocycles. The van der Waals surface area contributed by atoms with Crippen LogP contribution in [0.5, 0.6) is 0 Å². The van der Waals surface area contributed by atoms with Gasteiger partial charge in [-0.05, 0) is 45.4 Å². The van der Waals surface area contributed by atoms with Crippen molar-refractivity contribution in [3.05, 3.63) is 27.7 Å². The Hall–Kier alpha value is -1.09. The Bertz CT molecular complexity index is 790. The van der Waals surface area contributed by atoms with Crippen molar-refractivity contribution in [3.8, 4) is 0 Å². The van der Waals surface area contributed by atoms with E-state index >= 15 is 0 Å². The van der Waals surface area contributed by atoms with Crippen molar-refractivity contribution in [1.29, 1.82) is 0 Å². The van der Waals surface area contributed by atoms with Crippen molar-refractivity contribution in [2.45, 2.75) is 33.3 Å². The highest BCUT2D eigenvalue weighted by Gasteiger charge is 2.35. The van der Waals surface area contributed by atoms with Crippen LogP contribution in [0.2, 0.25) is 10.0 Å². The zero-order valence-corrected chi connectivity index (χ0v) is 17.3. The molecule has 1 N–H and O–H groups in total. The van der Waals surface area contributed by atoms with Crippen LogP contribution in [-0.2, 0) is 15.0 Å². The molecule has 1 aliphatic rings. The van der Waals surface area contributed by atoms with Gasteiger partial charge in [0.2, 0.25) is 0 Å². The summed E-state index contributed by atoms with van der Waals surface area (Å²) in [6.07, 6.45) is -0.537. The van der Waals surface area contributed by atoms with Crippen LogP contribution in [-0.4, -0.2) is 39.8 Å². The molecule has 0 spiro atoms. The summed E-state index contributed by atoms with van der Waals surface area (Å²) in [5, 5.41) is 3.27. The largest absolute Gasteiger partial charge is 0.444 e. The van der Waals surface area contributed by atoms with E-state index in [-0.39, 0.29) is 24.7 Å². The van der Waals surface area contributed by atoms with E-state index in [0.29, 0.717) is 22.2 Å². The van der Waals surface area contributed by atoms with Gasteiger partial charge in [-0.15, -0.1) is 3.89 Å². The SMILES string of the molecule is Cc1c(Cl)cc(N=S(=O)(F)N2CC(CNC(=O)OC(C)(C)C)C2)cc1Cl. The molecule has 1 saturated heterocycles. The van der Waals surface area contributed by atoms with E-state index in [0.717, 1.165) is 4.31 Å². The fourth-order valence-corrected chi connectivity index (χ4v) is 4.00. The fourth-order valence-electron chi connectivity index (χ4n) is 2.25. The van der Waals surface area contributed by atoms with Crippen LogP contribution in [0.1, 0.15) is 26.3 Å². The number of rotatable bonds is 4. The Labute approximate surface area is 163 Å². The second-order valence-corrected chi connectivity index (χ2v) is 9.53. The number of amides is 1. The maximum Gasteiger partial charge on any atom is 0.407 e. The maximum atomic E-state index is 14.5. The van der Waals surface area contributed by atoms with Crippen molar-refractivity contribution in [2.24, 2.45) is 10.3 Å². The van der Waals surface area contributed by atoms with Gasteiger partial charge in [-0.2, -0.15) is 12.9 Å². The zero-order chi connectivity index (χ0) is 19.7. The van der Waals surface area contributed by atoms with Crippen LogP contribution in [0, 0.1) is 12.8 Å². The van der Waals surface area contributed by atoms with Gasteiger partial charge in [-0.1, -0.05) is 23.2 Å². The first-order chi connectivity index (χ1) is 11.9. The highest BCUT2D eigenvalue weighted by Crippen LogP contribution is 2.32. The third-order valence-electron chi connectivity index (χ3n) is 3.66. The lowest BCUT2D eigenvalue weighted by Crippen LogP contribution is -2.52. The number of hydrogen-bond donors (Lipinski definition) is 1. The van der Waals surface area contributed by atoms with Crippen molar-refractivity contribution in [2.75, 3.05) is 19.6 Å². The number of hydrogen-bond acceptors (Lipinski definition) is 4. The molecule has 0 bridgehead atoms. The predicted molar refractivity (Wildman–Crippen MR) is 102 cm³/mol. The highest BCUT2D eigenvalue weighted by atomic mass is 35.5. The second kappa shape index (κ2) is 7.88. The number of alkyl carbamates (subject to hydrolysis) is 1. The van der Waals surface area contributed by atoms with Crippen LogP contribution in [0.4, 0.5) is 14.4 Å². The molecule has 1 unspecified atom stereocenters. The fraction of sp³-hybridized carbons (Fsp3) is 0.562. The van der Waals surface area contributed by atoms with Gasteiger partial charge in [0.05, 0.1) is 5.69 Å². The molecule has 1 fully saturated rings. The van der Waals surface area contributed by atoms with Crippen LogP contribution in [0.25, 0.3) is 0 Å². The monoisotopic (exact) mass is 425 g/mol. The summed E-state index contributed by atoms with van der Waals surface area (Å²) in [6, 6.07) is 2.84. The molecule has 1 amide bonds. The van der Waals surface area contributed by atoms with Crippen LogP contribution < -0.4 is 5.32 Å². The maximum absolute atomic E-state index is 14.5. The molecule has 1 atom stereocenters. The third-order valence-corrected chi connectivity index (χ3v) is 5.82. The Morgan fingerprint density at radius 1 is 1.38 bits per heavy atom. The van der Waals surface area contributed by atoms with Gasteiger partial charge >= 0.3 is 6.09 Å². The highest BCUT2D eigenvalue weighted by molar-refractivity contribution is 7.86. The van der Waals surface area contributed by atoms with Crippen molar-refractivity contribution in [3.63, 3.8) is 0 Å². The Balaban J connectivity index is 1.93. The summed E-state index contributed by atoms with van der Waals surface area (Å²) in [5.41, 5.74) is 0.182. The summed E-state index contributed by atoms with van der Waals surface area (Å²) in [4.78, 5) is 11.6. The first kappa shape index (κ1) is 21.2. The van der Waals surface area contributed by atoms with Gasteiger partial charge < -0.3 is 10.1 Å². The minimum Gasteiger partial charge on any atom is -0.444 e. The Morgan fingerprint density at radius 2 is 1.92 bits per heavy atom. The standard InChI is InChI=1S/C16H22Cl2FN3O3S/c1-10-13(17)5-12(6-14(10)18)21-26(19,24)22-8-11(9-22)7-20-15(23)25-16(2,3)4/h5-6,11H,7-9H2,1-4H3,(H,20,23). The Morgan fingerprint density at radius 3 is 2.42 bits per heavy atom. The molecule has 0 aliphatic carbocycles. The molecule has 1 aromatic carbocycles. The van der Waals surface area contributed by atoms with E-state index in [4.69, 9.17) is 27.9 Å². The lowest BCUT2D eigenvalue weighted by Gasteiger charge is -2.37. The van der Waals surface area contributed by atoms with Gasteiger partial charge in [-0.25, -0.2) is 4.79 Å². The first-order valence-electron chi connectivity index (χ1n) is 8.02. The number of benzene rings is 1. The molecule has 0 saturated carbocycles. The lowest BCUT2D eigenvalue weighted by molar-refractivity contribution is 0.0502. The van der Waals surface area contributed by atoms with Gasteiger partial charge in [-0.3, -0.25) is 0 Å². The average Bonchev–Trinajstić information content (AvgIpc) is 2.40. The molecular formula is C16H22Cl2FN3O3S. The van der Waals surface area contributed by atoms with Crippen molar-refractivity contribution >= 4 is 45.3 Å². The van der Waals surface area contributed by atoms with Gasteiger partial charge in [0.1, 0.15) is 5.60 Å². The van der Waals surface area contributed by atoms with Crippen LogP contribution >= 0.6 is 23.2 Å². The number of carbonyl (C=O) groups is 1. The summed E-state index contributed by atoms with van der Waals surface area (Å²) < 4.78 is 36.6. The summed E-state index contributed by atoms with van der Waals surface area (Å²) in [7, 11) is -4.08. The minimum absolute atomic E-state index is 0.0283. The van der Waals surface area contributed by atoms with Crippen molar-refractivity contribution in [1.82, 2.24) is 9.62 Å². The first-order valence-corrected chi connectivity index (χ1v) is 10.1. The van der Waals surface area contributed by atoms with Crippen molar-refractivity contribution < 1.29 is 17.6 Å². The van der Waals surface area contributed by atoms with Crippen LogP contribution in [0.3, 0.4) is 0 Å². The van der Waals surface area contributed by atoms with Gasteiger partial charge in [0.15, 0.2) is 0 Å².